The van der Waals surface area contributed by atoms with E-state index in [4.69, 9.17) is 0 Å². The minimum absolute atomic E-state index is 0.169. The fourth-order valence-electron chi connectivity index (χ4n) is 3.28. The third-order valence-electron chi connectivity index (χ3n) is 4.18. The van der Waals surface area contributed by atoms with Gasteiger partial charge < -0.3 is 10.2 Å². The predicted octanol–water partition coefficient (Wildman–Crippen LogP) is 2.65. The van der Waals surface area contributed by atoms with Gasteiger partial charge in [0.1, 0.15) is 0 Å². The molecular formula is C15H28N2OS. The van der Waals surface area contributed by atoms with Gasteiger partial charge in [-0.2, -0.15) is 0 Å². The molecule has 4 heteroatoms. The van der Waals surface area contributed by atoms with Crippen LogP contribution in [0.5, 0.6) is 0 Å². The Morgan fingerprint density at radius 2 is 1.84 bits per heavy atom. The summed E-state index contributed by atoms with van der Waals surface area (Å²) < 4.78 is 0.169. The van der Waals surface area contributed by atoms with Gasteiger partial charge in [-0.15, -0.1) is 11.8 Å². The summed E-state index contributed by atoms with van der Waals surface area (Å²) in [7, 11) is 0. The smallest absolute Gasteiger partial charge is 0.232 e. The highest BCUT2D eigenvalue weighted by atomic mass is 32.2. The lowest BCUT2D eigenvalue weighted by Crippen LogP contribution is -2.50. The van der Waals surface area contributed by atoms with Crippen molar-refractivity contribution in [3.63, 3.8) is 0 Å². The van der Waals surface area contributed by atoms with Crippen molar-refractivity contribution in [1.29, 1.82) is 0 Å². The quantitative estimate of drug-likeness (QED) is 0.861. The van der Waals surface area contributed by atoms with Gasteiger partial charge >= 0.3 is 0 Å². The highest BCUT2D eigenvalue weighted by molar-refractivity contribution is 8.01. The Labute approximate surface area is 121 Å². The highest BCUT2D eigenvalue weighted by Crippen LogP contribution is 2.30. The molecule has 2 rings (SSSR count). The van der Waals surface area contributed by atoms with Crippen molar-refractivity contribution in [2.45, 2.75) is 76.3 Å². The molecule has 0 aromatic heterocycles. The van der Waals surface area contributed by atoms with Crippen molar-refractivity contribution in [1.82, 2.24) is 10.2 Å². The monoisotopic (exact) mass is 284 g/mol. The molecule has 0 saturated carbocycles. The Hall–Kier alpha value is -0.220. The number of hydrogen-bond acceptors (Lipinski definition) is 3. The van der Waals surface area contributed by atoms with Gasteiger partial charge in [-0.25, -0.2) is 0 Å². The largest absolute Gasteiger partial charge is 0.339 e. The van der Waals surface area contributed by atoms with E-state index in [-0.39, 0.29) is 4.75 Å². The van der Waals surface area contributed by atoms with Crippen molar-refractivity contribution in [2.24, 2.45) is 0 Å². The second-order valence-electron chi connectivity index (χ2n) is 6.84. The Morgan fingerprint density at radius 1 is 1.26 bits per heavy atom. The SMILES string of the molecule is CCN(C(=O)CSC(C)(C)C)C1CC2CCC(C1)N2. The number of nitrogens with zero attached hydrogens (tertiary/aromatic N) is 1. The second-order valence-corrected chi connectivity index (χ2v) is 8.65. The zero-order valence-corrected chi connectivity index (χ0v) is 13.6. The highest BCUT2D eigenvalue weighted by Gasteiger charge is 2.37. The number of nitrogens with one attached hydrogen (secondary N) is 1. The molecular weight excluding hydrogens is 256 g/mol. The van der Waals surface area contributed by atoms with Crippen LogP contribution in [0.2, 0.25) is 0 Å². The van der Waals surface area contributed by atoms with Gasteiger partial charge in [0.25, 0.3) is 0 Å². The molecule has 3 nitrogen and oxygen atoms in total. The standard InChI is InChI=1S/C15H28N2OS/c1-5-17(14(18)10-19-15(2,3)4)13-8-11-6-7-12(9-13)16-11/h11-13,16H,5-10H2,1-4H3. The lowest BCUT2D eigenvalue weighted by atomic mass is 9.98. The fourth-order valence-corrected chi connectivity index (χ4v) is 4.00. The molecule has 0 aromatic rings. The van der Waals surface area contributed by atoms with Crippen LogP contribution in [0.4, 0.5) is 0 Å². The first kappa shape index (κ1) is 15.2. The van der Waals surface area contributed by atoms with Gasteiger partial charge in [-0.05, 0) is 32.6 Å². The predicted molar refractivity (Wildman–Crippen MR) is 82.6 cm³/mol. The van der Waals surface area contributed by atoms with Gasteiger partial charge in [0.15, 0.2) is 0 Å². The minimum Gasteiger partial charge on any atom is -0.339 e. The number of hydrogen-bond donors (Lipinski definition) is 1. The molecule has 2 unspecified atom stereocenters. The van der Waals surface area contributed by atoms with Crippen LogP contribution in [-0.2, 0) is 4.79 Å². The van der Waals surface area contributed by atoms with E-state index in [0.717, 1.165) is 19.4 Å². The van der Waals surface area contributed by atoms with Crippen LogP contribution in [-0.4, -0.2) is 46.0 Å². The number of rotatable bonds is 4. The minimum atomic E-state index is 0.169. The summed E-state index contributed by atoms with van der Waals surface area (Å²) in [5, 5.41) is 3.65. The van der Waals surface area contributed by atoms with Crippen LogP contribution in [0, 0.1) is 0 Å². The van der Waals surface area contributed by atoms with Gasteiger partial charge in [0.2, 0.25) is 5.91 Å². The molecule has 19 heavy (non-hydrogen) atoms. The topological polar surface area (TPSA) is 32.3 Å². The molecule has 2 atom stereocenters. The third kappa shape index (κ3) is 4.12. The van der Waals surface area contributed by atoms with Crippen LogP contribution in [0.1, 0.15) is 53.4 Å². The summed E-state index contributed by atoms with van der Waals surface area (Å²) in [4.78, 5) is 14.6. The summed E-state index contributed by atoms with van der Waals surface area (Å²) in [6.45, 7) is 9.49. The molecule has 0 spiro atoms. The van der Waals surface area contributed by atoms with Crippen LogP contribution in [0.3, 0.4) is 0 Å². The molecule has 2 bridgehead atoms. The van der Waals surface area contributed by atoms with Crippen molar-refractivity contribution < 1.29 is 4.79 Å². The lowest BCUT2D eigenvalue weighted by molar-refractivity contribution is -0.131. The maximum Gasteiger partial charge on any atom is 0.232 e. The van der Waals surface area contributed by atoms with Gasteiger partial charge in [0, 0.05) is 29.4 Å². The number of carbonyl (C=O) groups excluding carboxylic acids is 1. The van der Waals surface area contributed by atoms with Gasteiger partial charge in [-0.1, -0.05) is 20.8 Å². The van der Waals surface area contributed by atoms with E-state index in [1.807, 2.05) is 0 Å². The van der Waals surface area contributed by atoms with E-state index in [2.05, 4.69) is 37.9 Å². The zero-order chi connectivity index (χ0) is 14.0. The maximum absolute atomic E-state index is 12.4. The molecule has 110 valence electrons. The van der Waals surface area contributed by atoms with Crippen LogP contribution in [0.25, 0.3) is 0 Å². The normalized spacial score (nSPS) is 30.4. The molecule has 1 amide bonds. The molecule has 2 aliphatic heterocycles. The van der Waals surface area contributed by atoms with Gasteiger partial charge in [0.05, 0.1) is 5.75 Å². The Morgan fingerprint density at radius 3 is 2.32 bits per heavy atom. The molecule has 0 aliphatic carbocycles. The fraction of sp³-hybridized carbons (Fsp3) is 0.933. The summed E-state index contributed by atoms with van der Waals surface area (Å²) in [5.74, 6) is 0.949. The van der Waals surface area contributed by atoms with E-state index in [1.54, 1.807) is 11.8 Å². The third-order valence-corrected chi connectivity index (χ3v) is 5.44. The summed E-state index contributed by atoms with van der Waals surface area (Å²) in [6.07, 6.45) is 4.89. The first-order chi connectivity index (χ1) is 8.89. The van der Waals surface area contributed by atoms with Crippen LogP contribution >= 0.6 is 11.8 Å². The molecule has 0 radical (unpaired) electrons. The number of fused-ring (bicyclic) bond motifs is 2. The van der Waals surface area contributed by atoms with Crippen molar-refractivity contribution in [2.75, 3.05) is 12.3 Å². The number of thioether (sulfide) groups is 1. The lowest BCUT2D eigenvalue weighted by Gasteiger charge is -2.37. The number of carbonyl (C=O) groups is 1. The Balaban J connectivity index is 1.90. The Bertz CT molecular complexity index is 315. The van der Waals surface area contributed by atoms with E-state index in [0.29, 0.717) is 29.8 Å². The first-order valence-corrected chi connectivity index (χ1v) is 8.57. The Kier molecular flexibility index (Phi) is 4.83. The molecule has 2 saturated heterocycles. The molecule has 2 fully saturated rings. The van der Waals surface area contributed by atoms with E-state index >= 15 is 0 Å². The molecule has 2 aliphatic rings. The first-order valence-electron chi connectivity index (χ1n) is 7.58. The number of amides is 1. The summed E-state index contributed by atoms with van der Waals surface area (Å²) in [5.41, 5.74) is 0. The molecule has 0 aromatic carbocycles. The molecule has 1 N–H and O–H groups in total. The number of piperidine rings is 1. The van der Waals surface area contributed by atoms with Crippen LogP contribution < -0.4 is 5.32 Å². The van der Waals surface area contributed by atoms with Gasteiger partial charge in [-0.3, -0.25) is 4.79 Å². The second kappa shape index (κ2) is 6.04. The van der Waals surface area contributed by atoms with E-state index in [1.165, 1.54) is 12.8 Å². The maximum atomic E-state index is 12.4. The summed E-state index contributed by atoms with van der Waals surface area (Å²) >= 11 is 1.76. The average Bonchev–Trinajstić information content (AvgIpc) is 2.66. The zero-order valence-electron chi connectivity index (χ0n) is 12.7. The van der Waals surface area contributed by atoms with Crippen molar-refractivity contribution >= 4 is 17.7 Å². The average molecular weight is 284 g/mol. The van der Waals surface area contributed by atoms with Crippen LogP contribution in [0.15, 0.2) is 0 Å². The molecule has 2 heterocycles. The van der Waals surface area contributed by atoms with E-state index in [9.17, 15) is 4.79 Å². The van der Waals surface area contributed by atoms with E-state index < -0.39 is 0 Å². The van der Waals surface area contributed by atoms with Crippen molar-refractivity contribution in [3.05, 3.63) is 0 Å². The summed E-state index contributed by atoms with van der Waals surface area (Å²) in [6, 6.07) is 1.78. The van der Waals surface area contributed by atoms with Crippen molar-refractivity contribution in [3.8, 4) is 0 Å².